The minimum Gasteiger partial charge on any atom is -0.424 e. The zero-order chi connectivity index (χ0) is 17.1. The highest BCUT2D eigenvalue weighted by Gasteiger charge is 2.34. The third kappa shape index (κ3) is 2.86. The second kappa shape index (κ2) is 6.54. The van der Waals surface area contributed by atoms with E-state index in [4.69, 9.17) is 15.4 Å². The summed E-state index contributed by atoms with van der Waals surface area (Å²) in [7, 11) is 0. The lowest BCUT2D eigenvalue weighted by atomic mass is 10.1. The summed E-state index contributed by atoms with van der Waals surface area (Å²) in [5, 5.41) is 8.76. The van der Waals surface area contributed by atoms with Crippen LogP contribution in [0.1, 0.15) is 51.6 Å². The molecule has 0 fully saturated rings. The Kier molecular flexibility index (Phi) is 4.29. The first-order valence-electron chi connectivity index (χ1n) is 7.72. The van der Waals surface area contributed by atoms with Gasteiger partial charge in [-0.25, -0.2) is 4.98 Å². The zero-order valence-electron chi connectivity index (χ0n) is 13.0. The highest BCUT2D eigenvalue weighted by Crippen LogP contribution is 2.23. The number of unbranched alkanes of at least 4 members (excludes halogenated alkanes) is 2. The van der Waals surface area contributed by atoms with Crippen molar-refractivity contribution < 1.29 is 14.0 Å². The molecule has 24 heavy (non-hydrogen) atoms. The number of carbonyl (C=O) groups excluding carboxylic acids is 2. The van der Waals surface area contributed by atoms with Gasteiger partial charge in [0, 0.05) is 13.0 Å². The van der Waals surface area contributed by atoms with Crippen molar-refractivity contribution in [1.29, 1.82) is 5.26 Å². The highest BCUT2D eigenvalue weighted by atomic mass is 16.4. The van der Waals surface area contributed by atoms with Crippen LogP contribution in [0.5, 0.6) is 0 Å². The standard InChI is InChI=1S/C17H16N4O3/c18-10-13-15(19)24-14(20-13)8-2-1-5-9-21-16(22)11-6-3-4-7-12(11)17(21)23/h3-4,6-7H,1-2,5,8-9,19H2. The van der Waals surface area contributed by atoms with Crippen molar-refractivity contribution in [1.82, 2.24) is 9.88 Å². The molecule has 0 saturated heterocycles. The third-order valence-electron chi connectivity index (χ3n) is 3.95. The van der Waals surface area contributed by atoms with Crippen molar-refractivity contribution in [2.24, 2.45) is 0 Å². The smallest absolute Gasteiger partial charge is 0.261 e. The molecule has 3 rings (SSSR count). The summed E-state index contributed by atoms with van der Waals surface area (Å²) in [4.78, 5) is 29.7. The molecule has 0 radical (unpaired) electrons. The molecular formula is C17H16N4O3. The van der Waals surface area contributed by atoms with Gasteiger partial charge in [0.2, 0.25) is 11.6 Å². The second-order valence-corrected chi connectivity index (χ2v) is 5.55. The normalized spacial score (nSPS) is 13.2. The lowest BCUT2D eigenvalue weighted by Gasteiger charge is -2.13. The number of oxazole rings is 1. The predicted molar refractivity (Wildman–Crippen MR) is 85.0 cm³/mol. The van der Waals surface area contributed by atoms with Gasteiger partial charge in [-0.15, -0.1) is 0 Å². The maximum absolute atomic E-state index is 12.2. The Morgan fingerprint density at radius 1 is 1.12 bits per heavy atom. The van der Waals surface area contributed by atoms with Crippen molar-refractivity contribution in [2.45, 2.75) is 25.7 Å². The van der Waals surface area contributed by atoms with Crippen molar-refractivity contribution in [2.75, 3.05) is 12.3 Å². The minimum absolute atomic E-state index is 0.0403. The Morgan fingerprint density at radius 2 is 1.79 bits per heavy atom. The Labute approximate surface area is 138 Å². The van der Waals surface area contributed by atoms with E-state index in [1.165, 1.54) is 4.90 Å². The van der Waals surface area contributed by atoms with Gasteiger partial charge in [-0.3, -0.25) is 14.5 Å². The van der Waals surface area contributed by atoms with Gasteiger partial charge in [0.25, 0.3) is 11.8 Å². The summed E-state index contributed by atoms with van der Waals surface area (Å²) in [5.41, 5.74) is 6.56. The molecule has 0 spiro atoms. The molecule has 2 heterocycles. The van der Waals surface area contributed by atoms with E-state index >= 15 is 0 Å². The molecule has 1 aliphatic rings. The maximum Gasteiger partial charge on any atom is 0.261 e. The Hall–Kier alpha value is -3.14. The van der Waals surface area contributed by atoms with Gasteiger partial charge >= 0.3 is 0 Å². The first-order chi connectivity index (χ1) is 11.6. The number of nitrogens with two attached hydrogens (primary N) is 1. The van der Waals surface area contributed by atoms with Crippen LogP contribution in [-0.4, -0.2) is 28.2 Å². The summed E-state index contributed by atoms with van der Waals surface area (Å²) >= 11 is 0. The molecule has 2 amide bonds. The largest absolute Gasteiger partial charge is 0.424 e. The van der Waals surface area contributed by atoms with Crippen LogP contribution in [0.15, 0.2) is 28.7 Å². The summed E-state index contributed by atoms with van der Waals surface area (Å²) in [6.07, 6.45) is 2.84. The van der Waals surface area contributed by atoms with Crippen LogP contribution >= 0.6 is 0 Å². The maximum atomic E-state index is 12.2. The number of nitrogens with zero attached hydrogens (tertiary/aromatic N) is 3. The van der Waals surface area contributed by atoms with Gasteiger partial charge in [-0.1, -0.05) is 18.6 Å². The highest BCUT2D eigenvalue weighted by molar-refractivity contribution is 6.21. The fourth-order valence-corrected chi connectivity index (χ4v) is 2.73. The van der Waals surface area contributed by atoms with E-state index in [0.717, 1.165) is 12.8 Å². The van der Waals surface area contributed by atoms with Gasteiger partial charge in [0.05, 0.1) is 11.1 Å². The fourth-order valence-electron chi connectivity index (χ4n) is 2.73. The second-order valence-electron chi connectivity index (χ2n) is 5.55. The lowest BCUT2D eigenvalue weighted by Crippen LogP contribution is -2.30. The molecule has 1 aliphatic heterocycles. The van der Waals surface area contributed by atoms with E-state index in [2.05, 4.69) is 4.98 Å². The van der Waals surface area contributed by atoms with Gasteiger partial charge in [-0.05, 0) is 25.0 Å². The Balaban J connectivity index is 1.47. The molecule has 7 nitrogen and oxygen atoms in total. The molecule has 7 heteroatoms. The van der Waals surface area contributed by atoms with Gasteiger partial charge in [0.15, 0.2) is 5.89 Å². The third-order valence-corrected chi connectivity index (χ3v) is 3.95. The molecule has 0 unspecified atom stereocenters. The summed E-state index contributed by atoms with van der Waals surface area (Å²) in [6, 6.07) is 8.72. The molecule has 0 atom stereocenters. The quantitative estimate of drug-likeness (QED) is 0.643. The fraction of sp³-hybridized carbons (Fsp3) is 0.294. The molecular weight excluding hydrogens is 308 g/mol. The van der Waals surface area contributed by atoms with Crippen molar-refractivity contribution >= 4 is 17.7 Å². The summed E-state index contributed by atoms with van der Waals surface area (Å²) in [5.74, 6) is 0.0211. The molecule has 1 aromatic carbocycles. The van der Waals surface area contributed by atoms with Gasteiger partial charge in [-0.2, -0.15) is 5.26 Å². The van der Waals surface area contributed by atoms with Crippen LogP contribution in [-0.2, 0) is 6.42 Å². The number of aromatic nitrogens is 1. The molecule has 0 aliphatic carbocycles. The van der Waals surface area contributed by atoms with Gasteiger partial charge in [0.1, 0.15) is 6.07 Å². The SMILES string of the molecule is N#Cc1nc(CCCCCN2C(=O)c3ccccc3C2=O)oc1N. The van der Waals surface area contributed by atoms with Crippen LogP contribution in [0.4, 0.5) is 5.88 Å². The number of aryl methyl sites for hydroxylation is 1. The van der Waals surface area contributed by atoms with Gasteiger partial charge < -0.3 is 10.2 Å². The van der Waals surface area contributed by atoms with Crippen LogP contribution in [0, 0.1) is 11.3 Å². The van der Waals surface area contributed by atoms with Crippen LogP contribution in [0.3, 0.4) is 0 Å². The predicted octanol–water partition coefficient (Wildman–Crippen LogP) is 2.14. The Bertz CT molecular complexity index is 800. The number of nitriles is 1. The van der Waals surface area contributed by atoms with Crippen molar-refractivity contribution in [3.8, 4) is 6.07 Å². The summed E-state index contributed by atoms with van der Waals surface area (Å²) < 4.78 is 5.19. The number of imide groups is 1. The molecule has 2 aromatic rings. The number of hydrogen-bond acceptors (Lipinski definition) is 6. The van der Waals surface area contributed by atoms with Crippen LogP contribution in [0.25, 0.3) is 0 Å². The first-order valence-corrected chi connectivity index (χ1v) is 7.72. The van der Waals surface area contributed by atoms with E-state index in [9.17, 15) is 9.59 Å². The lowest BCUT2D eigenvalue weighted by molar-refractivity contribution is 0.0651. The van der Waals surface area contributed by atoms with Crippen LogP contribution in [0.2, 0.25) is 0 Å². The minimum atomic E-state index is -0.227. The molecule has 122 valence electrons. The number of hydrogen-bond donors (Lipinski definition) is 1. The van der Waals surface area contributed by atoms with Crippen molar-refractivity contribution in [3.05, 3.63) is 47.0 Å². The first kappa shape index (κ1) is 15.7. The number of benzene rings is 1. The number of carbonyl (C=O) groups is 2. The molecule has 2 N–H and O–H groups in total. The van der Waals surface area contributed by atoms with E-state index in [1.807, 2.05) is 6.07 Å². The van der Waals surface area contributed by atoms with E-state index in [-0.39, 0.29) is 23.4 Å². The average molecular weight is 324 g/mol. The molecule has 1 aromatic heterocycles. The number of anilines is 1. The Morgan fingerprint density at radius 3 is 2.38 bits per heavy atom. The van der Waals surface area contributed by atoms with Crippen molar-refractivity contribution in [3.63, 3.8) is 0 Å². The van der Waals surface area contributed by atoms with E-state index in [1.54, 1.807) is 24.3 Å². The average Bonchev–Trinajstić information content (AvgIpc) is 3.07. The number of rotatable bonds is 6. The topological polar surface area (TPSA) is 113 Å². The summed E-state index contributed by atoms with van der Waals surface area (Å²) in [6.45, 7) is 0.392. The number of amides is 2. The molecule has 0 bridgehead atoms. The monoisotopic (exact) mass is 324 g/mol. The van der Waals surface area contributed by atoms with E-state index in [0.29, 0.717) is 36.4 Å². The molecule has 0 saturated carbocycles. The zero-order valence-corrected chi connectivity index (χ0v) is 13.0. The number of nitrogen functional groups attached to an aromatic ring is 1. The van der Waals surface area contributed by atoms with Crippen LogP contribution < -0.4 is 5.73 Å². The van der Waals surface area contributed by atoms with E-state index < -0.39 is 0 Å². The number of fused-ring (bicyclic) bond motifs is 1.